The molecule has 3 nitrogen and oxygen atoms in total. The zero-order valence-corrected chi connectivity index (χ0v) is 11.7. The first-order chi connectivity index (χ1) is 7.77. The van der Waals surface area contributed by atoms with Gasteiger partial charge in [0.1, 0.15) is 5.75 Å². The number of hydrogen-bond acceptors (Lipinski definition) is 3. The zero-order chi connectivity index (χ0) is 13.2. The van der Waals surface area contributed by atoms with E-state index < -0.39 is 0 Å². The molecule has 1 atom stereocenters. The molecular weight excluding hydrogens is 212 g/mol. The topological polar surface area (TPSA) is 38.5 Å². The van der Waals surface area contributed by atoms with Crippen molar-refractivity contribution in [2.24, 2.45) is 5.41 Å². The van der Waals surface area contributed by atoms with Crippen molar-refractivity contribution in [1.29, 1.82) is 0 Å². The van der Waals surface area contributed by atoms with Crippen LogP contribution >= 0.6 is 0 Å². The van der Waals surface area contributed by atoms with E-state index in [0.29, 0.717) is 6.04 Å². The van der Waals surface area contributed by atoms with Gasteiger partial charge in [-0.1, -0.05) is 20.8 Å². The summed E-state index contributed by atoms with van der Waals surface area (Å²) in [6, 6.07) is 6.22. The lowest BCUT2D eigenvalue weighted by molar-refractivity contribution is 0.330. The zero-order valence-electron chi connectivity index (χ0n) is 11.7. The first-order valence-corrected chi connectivity index (χ1v) is 5.93. The molecule has 3 heteroatoms. The van der Waals surface area contributed by atoms with Gasteiger partial charge in [-0.05, 0) is 24.5 Å². The summed E-state index contributed by atoms with van der Waals surface area (Å²) < 4.78 is 5.16. The molecule has 2 N–H and O–H groups in total. The van der Waals surface area contributed by atoms with Gasteiger partial charge < -0.3 is 15.4 Å². The Hall–Kier alpha value is -1.38. The molecule has 1 aromatic carbocycles. The minimum absolute atomic E-state index is 0.209. The van der Waals surface area contributed by atoms with Crippen LogP contribution in [0.15, 0.2) is 18.2 Å². The van der Waals surface area contributed by atoms with E-state index in [4.69, 9.17) is 10.5 Å². The summed E-state index contributed by atoms with van der Waals surface area (Å²) in [7, 11) is 3.73. The Labute approximate surface area is 105 Å². The Bertz CT molecular complexity index is 382. The van der Waals surface area contributed by atoms with Crippen molar-refractivity contribution in [3.05, 3.63) is 18.2 Å². The molecule has 0 aromatic heterocycles. The SMILES string of the molecule is COc1ccc(N(C)C(C)C(C)(C)C)c(N)c1. The van der Waals surface area contributed by atoms with Crippen molar-refractivity contribution in [3.8, 4) is 5.75 Å². The van der Waals surface area contributed by atoms with Crippen LogP contribution in [0.25, 0.3) is 0 Å². The maximum absolute atomic E-state index is 6.06. The van der Waals surface area contributed by atoms with E-state index in [0.717, 1.165) is 17.1 Å². The predicted molar refractivity (Wildman–Crippen MR) is 74.7 cm³/mol. The van der Waals surface area contributed by atoms with E-state index in [2.05, 4.69) is 39.6 Å². The van der Waals surface area contributed by atoms with Gasteiger partial charge in [0.2, 0.25) is 0 Å². The summed E-state index contributed by atoms with van der Waals surface area (Å²) in [6.07, 6.45) is 0. The smallest absolute Gasteiger partial charge is 0.121 e. The first kappa shape index (κ1) is 13.7. The lowest BCUT2D eigenvalue weighted by Gasteiger charge is -2.37. The largest absolute Gasteiger partial charge is 0.497 e. The normalized spacial score (nSPS) is 13.3. The molecule has 0 saturated carbocycles. The van der Waals surface area contributed by atoms with Crippen molar-refractivity contribution in [3.63, 3.8) is 0 Å². The second kappa shape index (κ2) is 4.86. The number of methoxy groups -OCH3 is 1. The molecule has 0 heterocycles. The van der Waals surface area contributed by atoms with E-state index in [1.807, 2.05) is 18.2 Å². The van der Waals surface area contributed by atoms with Crippen LogP contribution in [0.5, 0.6) is 5.75 Å². The highest BCUT2D eigenvalue weighted by Crippen LogP contribution is 2.32. The summed E-state index contributed by atoms with van der Waals surface area (Å²) in [5.74, 6) is 0.795. The van der Waals surface area contributed by atoms with Gasteiger partial charge in [-0.2, -0.15) is 0 Å². The minimum Gasteiger partial charge on any atom is -0.497 e. The highest BCUT2D eigenvalue weighted by molar-refractivity contribution is 5.69. The van der Waals surface area contributed by atoms with Gasteiger partial charge in [-0.25, -0.2) is 0 Å². The Morgan fingerprint density at radius 1 is 1.29 bits per heavy atom. The van der Waals surface area contributed by atoms with Crippen molar-refractivity contribution < 1.29 is 4.74 Å². The highest BCUT2D eigenvalue weighted by Gasteiger charge is 2.25. The quantitative estimate of drug-likeness (QED) is 0.819. The summed E-state index contributed by atoms with van der Waals surface area (Å²) in [5, 5.41) is 0. The number of nitrogens with two attached hydrogens (primary N) is 1. The van der Waals surface area contributed by atoms with Crippen molar-refractivity contribution in [2.45, 2.75) is 33.7 Å². The molecule has 1 aromatic rings. The van der Waals surface area contributed by atoms with Crippen LogP contribution in [-0.4, -0.2) is 20.2 Å². The molecule has 0 amide bonds. The van der Waals surface area contributed by atoms with Gasteiger partial charge in [-0.15, -0.1) is 0 Å². The average Bonchev–Trinajstić information content (AvgIpc) is 2.25. The maximum Gasteiger partial charge on any atom is 0.121 e. The van der Waals surface area contributed by atoms with Crippen LogP contribution in [0.1, 0.15) is 27.7 Å². The lowest BCUT2D eigenvalue weighted by atomic mass is 9.87. The van der Waals surface area contributed by atoms with Gasteiger partial charge in [-0.3, -0.25) is 0 Å². The third kappa shape index (κ3) is 3.05. The van der Waals surface area contributed by atoms with E-state index in [9.17, 15) is 0 Å². The number of ether oxygens (including phenoxy) is 1. The molecule has 0 aliphatic carbocycles. The summed E-state index contributed by atoms with van der Waals surface area (Å²) in [5.41, 5.74) is 8.07. The van der Waals surface area contributed by atoms with Crippen LogP contribution in [0.3, 0.4) is 0 Å². The molecule has 0 aliphatic rings. The van der Waals surface area contributed by atoms with Crippen molar-refractivity contribution in [2.75, 3.05) is 24.8 Å². The molecule has 1 unspecified atom stereocenters. The van der Waals surface area contributed by atoms with Gasteiger partial charge in [0, 0.05) is 19.2 Å². The molecule has 96 valence electrons. The van der Waals surface area contributed by atoms with Crippen LogP contribution in [0, 0.1) is 5.41 Å². The Morgan fingerprint density at radius 2 is 1.88 bits per heavy atom. The monoisotopic (exact) mass is 236 g/mol. The van der Waals surface area contributed by atoms with E-state index >= 15 is 0 Å². The van der Waals surface area contributed by atoms with E-state index in [1.54, 1.807) is 7.11 Å². The summed E-state index contributed by atoms with van der Waals surface area (Å²) in [6.45, 7) is 8.90. The minimum atomic E-state index is 0.209. The summed E-state index contributed by atoms with van der Waals surface area (Å²) >= 11 is 0. The number of hydrogen-bond donors (Lipinski definition) is 1. The molecular formula is C14H24N2O. The second-order valence-electron chi connectivity index (χ2n) is 5.58. The van der Waals surface area contributed by atoms with Crippen LogP contribution in [0.4, 0.5) is 11.4 Å². The van der Waals surface area contributed by atoms with Gasteiger partial charge in [0.15, 0.2) is 0 Å². The van der Waals surface area contributed by atoms with Crippen molar-refractivity contribution in [1.82, 2.24) is 0 Å². The fraction of sp³-hybridized carbons (Fsp3) is 0.571. The lowest BCUT2D eigenvalue weighted by Crippen LogP contribution is -2.39. The van der Waals surface area contributed by atoms with Gasteiger partial charge >= 0.3 is 0 Å². The molecule has 0 aliphatic heterocycles. The van der Waals surface area contributed by atoms with Crippen LogP contribution in [0.2, 0.25) is 0 Å². The van der Waals surface area contributed by atoms with E-state index in [1.165, 1.54) is 0 Å². The predicted octanol–water partition coefficient (Wildman–Crippen LogP) is 3.15. The first-order valence-electron chi connectivity index (χ1n) is 5.93. The highest BCUT2D eigenvalue weighted by atomic mass is 16.5. The standard InChI is InChI=1S/C14H24N2O/c1-10(14(2,3)4)16(5)13-8-7-11(17-6)9-12(13)15/h7-10H,15H2,1-6H3. The number of rotatable bonds is 3. The van der Waals surface area contributed by atoms with Crippen molar-refractivity contribution >= 4 is 11.4 Å². The second-order valence-corrected chi connectivity index (χ2v) is 5.58. The average molecular weight is 236 g/mol. The molecule has 0 radical (unpaired) electrons. The molecule has 1 rings (SSSR count). The fourth-order valence-electron chi connectivity index (χ4n) is 1.77. The molecule has 0 saturated heterocycles. The fourth-order valence-corrected chi connectivity index (χ4v) is 1.77. The Balaban J connectivity index is 3.01. The third-order valence-corrected chi connectivity index (χ3v) is 3.45. The maximum atomic E-state index is 6.06. The summed E-state index contributed by atoms with van der Waals surface area (Å²) in [4.78, 5) is 2.22. The molecule has 0 fully saturated rings. The third-order valence-electron chi connectivity index (χ3n) is 3.45. The molecule has 0 bridgehead atoms. The van der Waals surface area contributed by atoms with E-state index in [-0.39, 0.29) is 5.41 Å². The molecule has 0 spiro atoms. The number of nitrogens with zero attached hydrogens (tertiary/aromatic N) is 1. The molecule has 17 heavy (non-hydrogen) atoms. The number of anilines is 2. The number of benzene rings is 1. The number of nitrogen functional groups attached to an aromatic ring is 1. The Kier molecular flexibility index (Phi) is 3.91. The van der Waals surface area contributed by atoms with Crippen LogP contribution < -0.4 is 15.4 Å². The van der Waals surface area contributed by atoms with Crippen LogP contribution in [-0.2, 0) is 0 Å². The van der Waals surface area contributed by atoms with Gasteiger partial charge in [0.05, 0.1) is 18.5 Å². The Morgan fingerprint density at radius 3 is 2.29 bits per heavy atom. The van der Waals surface area contributed by atoms with Gasteiger partial charge in [0.25, 0.3) is 0 Å².